The second-order valence-corrected chi connectivity index (χ2v) is 5.44. The molecule has 0 spiro atoms. The summed E-state index contributed by atoms with van der Waals surface area (Å²) in [4.78, 5) is 0. The number of nitrogens with one attached hydrogen (secondary N) is 2. The van der Waals surface area contributed by atoms with Crippen LogP contribution < -0.4 is 10.1 Å². The number of ether oxygens (including phenoxy) is 1. The molecule has 2 N–H and O–H groups in total. The highest BCUT2D eigenvalue weighted by Crippen LogP contribution is 2.37. The summed E-state index contributed by atoms with van der Waals surface area (Å²) in [5.41, 5.74) is 4.91. The van der Waals surface area contributed by atoms with Crippen molar-refractivity contribution in [2.24, 2.45) is 0 Å². The molecule has 106 valence electrons. The highest BCUT2D eigenvalue weighted by atomic mass is 16.5. The highest BCUT2D eigenvalue weighted by Gasteiger charge is 2.23. The van der Waals surface area contributed by atoms with E-state index in [1.165, 1.54) is 11.1 Å². The number of methoxy groups -OCH3 is 1. The SMILES string of the molecule is COc1ccc2c(c1)C(Nc1cccc3cn[nH]c13)CC2. The molecule has 4 nitrogen and oxygen atoms in total. The minimum absolute atomic E-state index is 0.323. The molecule has 1 aliphatic rings. The molecule has 0 saturated heterocycles. The summed E-state index contributed by atoms with van der Waals surface area (Å²) in [7, 11) is 1.71. The smallest absolute Gasteiger partial charge is 0.119 e. The Hall–Kier alpha value is -2.49. The first-order chi connectivity index (χ1) is 10.3. The Bertz CT molecular complexity index is 794. The van der Waals surface area contributed by atoms with E-state index in [0.717, 1.165) is 35.2 Å². The van der Waals surface area contributed by atoms with Gasteiger partial charge in [0.15, 0.2) is 0 Å². The third kappa shape index (κ3) is 2.03. The molecule has 4 rings (SSSR count). The maximum Gasteiger partial charge on any atom is 0.119 e. The van der Waals surface area contributed by atoms with Gasteiger partial charge >= 0.3 is 0 Å². The number of anilines is 1. The van der Waals surface area contributed by atoms with Crippen LogP contribution in [0.25, 0.3) is 10.9 Å². The molecule has 0 amide bonds. The molecule has 1 atom stereocenters. The van der Waals surface area contributed by atoms with Gasteiger partial charge in [-0.05, 0) is 42.2 Å². The molecular formula is C17H17N3O. The van der Waals surface area contributed by atoms with Crippen molar-refractivity contribution in [1.82, 2.24) is 10.2 Å². The normalized spacial score (nSPS) is 16.9. The monoisotopic (exact) mass is 279 g/mol. The zero-order valence-electron chi connectivity index (χ0n) is 11.9. The Labute approximate surface area is 123 Å². The van der Waals surface area contributed by atoms with E-state index in [1.54, 1.807) is 7.11 Å². The van der Waals surface area contributed by atoms with E-state index in [2.05, 4.69) is 45.8 Å². The molecule has 1 heterocycles. The molecule has 0 saturated carbocycles. The second-order valence-electron chi connectivity index (χ2n) is 5.44. The molecule has 4 heteroatoms. The molecule has 0 bridgehead atoms. The Morgan fingerprint density at radius 1 is 1.29 bits per heavy atom. The van der Waals surface area contributed by atoms with Crippen molar-refractivity contribution in [3.63, 3.8) is 0 Å². The van der Waals surface area contributed by atoms with Gasteiger partial charge in [-0.1, -0.05) is 18.2 Å². The molecule has 3 aromatic rings. The van der Waals surface area contributed by atoms with Crippen molar-refractivity contribution in [3.05, 3.63) is 53.7 Å². The summed E-state index contributed by atoms with van der Waals surface area (Å²) in [6, 6.07) is 12.9. The number of aryl methyl sites for hydroxylation is 1. The van der Waals surface area contributed by atoms with Gasteiger partial charge in [0, 0.05) is 5.39 Å². The summed E-state index contributed by atoms with van der Waals surface area (Å²) in [6.45, 7) is 0. The molecule has 1 aliphatic carbocycles. The van der Waals surface area contributed by atoms with Crippen LogP contribution in [0.15, 0.2) is 42.6 Å². The number of aromatic amines is 1. The number of H-pyrrole nitrogens is 1. The molecule has 21 heavy (non-hydrogen) atoms. The van der Waals surface area contributed by atoms with Crippen molar-refractivity contribution in [2.45, 2.75) is 18.9 Å². The van der Waals surface area contributed by atoms with Crippen LogP contribution in [0.4, 0.5) is 5.69 Å². The lowest BCUT2D eigenvalue weighted by molar-refractivity contribution is 0.414. The Morgan fingerprint density at radius 2 is 2.24 bits per heavy atom. The number of hydrogen-bond donors (Lipinski definition) is 2. The summed E-state index contributed by atoms with van der Waals surface area (Å²) in [5.74, 6) is 0.919. The maximum absolute atomic E-state index is 5.35. The molecule has 2 aromatic carbocycles. The van der Waals surface area contributed by atoms with Crippen LogP contribution in [0.1, 0.15) is 23.6 Å². The molecular weight excluding hydrogens is 262 g/mol. The van der Waals surface area contributed by atoms with E-state index in [9.17, 15) is 0 Å². The van der Waals surface area contributed by atoms with Gasteiger partial charge in [-0.25, -0.2) is 0 Å². The van der Waals surface area contributed by atoms with Crippen LogP contribution in [-0.2, 0) is 6.42 Å². The summed E-state index contributed by atoms with van der Waals surface area (Å²) < 4.78 is 5.35. The lowest BCUT2D eigenvalue weighted by Gasteiger charge is -2.16. The van der Waals surface area contributed by atoms with Crippen LogP contribution in [0.2, 0.25) is 0 Å². The van der Waals surface area contributed by atoms with Crippen LogP contribution in [-0.4, -0.2) is 17.3 Å². The van der Waals surface area contributed by atoms with Gasteiger partial charge in [-0.3, -0.25) is 5.10 Å². The van der Waals surface area contributed by atoms with E-state index < -0.39 is 0 Å². The molecule has 0 radical (unpaired) electrons. The maximum atomic E-state index is 5.35. The van der Waals surface area contributed by atoms with Crippen LogP contribution in [0, 0.1) is 0 Å². The fourth-order valence-corrected chi connectivity index (χ4v) is 3.13. The van der Waals surface area contributed by atoms with Crippen molar-refractivity contribution < 1.29 is 4.74 Å². The van der Waals surface area contributed by atoms with Crippen molar-refractivity contribution in [3.8, 4) is 5.75 Å². The topological polar surface area (TPSA) is 49.9 Å². The predicted molar refractivity (Wildman–Crippen MR) is 83.8 cm³/mol. The quantitative estimate of drug-likeness (QED) is 0.769. The number of nitrogens with zero attached hydrogens (tertiary/aromatic N) is 1. The summed E-state index contributed by atoms with van der Waals surface area (Å²) >= 11 is 0. The minimum atomic E-state index is 0.323. The van der Waals surface area contributed by atoms with Gasteiger partial charge in [-0.15, -0.1) is 0 Å². The minimum Gasteiger partial charge on any atom is -0.497 e. The number of hydrogen-bond acceptors (Lipinski definition) is 3. The van der Waals surface area contributed by atoms with E-state index >= 15 is 0 Å². The fraction of sp³-hybridized carbons (Fsp3) is 0.235. The second kappa shape index (κ2) is 4.81. The number of para-hydroxylation sites is 1. The van der Waals surface area contributed by atoms with Gasteiger partial charge in [0.25, 0.3) is 0 Å². The zero-order valence-corrected chi connectivity index (χ0v) is 11.9. The summed E-state index contributed by atoms with van der Waals surface area (Å²) in [5, 5.41) is 12.0. The van der Waals surface area contributed by atoms with Gasteiger partial charge in [0.2, 0.25) is 0 Å². The number of rotatable bonds is 3. The van der Waals surface area contributed by atoms with Crippen molar-refractivity contribution >= 4 is 16.6 Å². The first-order valence-corrected chi connectivity index (χ1v) is 7.20. The number of fused-ring (bicyclic) bond motifs is 2. The lowest BCUT2D eigenvalue weighted by atomic mass is 10.1. The van der Waals surface area contributed by atoms with Gasteiger partial charge in [0.1, 0.15) is 5.75 Å². The Balaban J connectivity index is 1.69. The third-order valence-electron chi connectivity index (χ3n) is 4.24. The zero-order chi connectivity index (χ0) is 14.2. The largest absolute Gasteiger partial charge is 0.497 e. The van der Waals surface area contributed by atoms with Crippen molar-refractivity contribution in [2.75, 3.05) is 12.4 Å². The van der Waals surface area contributed by atoms with Crippen LogP contribution in [0.3, 0.4) is 0 Å². The van der Waals surface area contributed by atoms with Gasteiger partial charge in [-0.2, -0.15) is 5.10 Å². The molecule has 1 unspecified atom stereocenters. The fourth-order valence-electron chi connectivity index (χ4n) is 3.13. The lowest BCUT2D eigenvalue weighted by Crippen LogP contribution is -2.07. The van der Waals surface area contributed by atoms with E-state index in [-0.39, 0.29) is 0 Å². The Kier molecular flexibility index (Phi) is 2.81. The average molecular weight is 279 g/mol. The van der Waals surface area contributed by atoms with Crippen LogP contribution in [0.5, 0.6) is 5.75 Å². The van der Waals surface area contributed by atoms with Crippen molar-refractivity contribution in [1.29, 1.82) is 0 Å². The standard InChI is InChI=1S/C17H17N3O/c1-21-13-7-5-11-6-8-15(14(11)9-13)19-16-4-2-3-12-10-18-20-17(12)16/h2-5,7,9-10,15,19H,6,8H2,1H3,(H,18,20). The number of benzene rings is 2. The molecule has 0 aliphatic heterocycles. The van der Waals surface area contributed by atoms with Gasteiger partial charge < -0.3 is 10.1 Å². The predicted octanol–water partition coefficient (Wildman–Crippen LogP) is 3.67. The Morgan fingerprint density at radius 3 is 3.14 bits per heavy atom. The molecule has 1 aromatic heterocycles. The number of aromatic nitrogens is 2. The first-order valence-electron chi connectivity index (χ1n) is 7.20. The average Bonchev–Trinajstić information content (AvgIpc) is 3.14. The highest BCUT2D eigenvalue weighted by molar-refractivity contribution is 5.90. The van der Waals surface area contributed by atoms with E-state index in [4.69, 9.17) is 4.74 Å². The van der Waals surface area contributed by atoms with Crippen LogP contribution >= 0.6 is 0 Å². The summed E-state index contributed by atoms with van der Waals surface area (Å²) in [6.07, 6.45) is 4.06. The van der Waals surface area contributed by atoms with E-state index in [1.807, 2.05) is 12.3 Å². The molecule has 0 fully saturated rings. The van der Waals surface area contributed by atoms with Gasteiger partial charge in [0.05, 0.1) is 30.6 Å². The first kappa shape index (κ1) is 12.3. The third-order valence-corrected chi connectivity index (χ3v) is 4.24. The van der Waals surface area contributed by atoms with E-state index in [0.29, 0.717) is 6.04 Å².